The summed E-state index contributed by atoms with van der Waals surface area (Å²) >= 11 is 0. The average molecular weight is 372 g/mol. The molecule has 2 aromatic heterocycles. The Hall–Kier alpha value is -3.43. The minimum absolute atomic E-state index is 0.0197. The Bertz CT molecular complexity index is 1000. The zero-order valence-electron chi connectivity index (χ0n) is 14.2. The lowest BCUT2D eigenvalue weighted by molar-refractivity contribution is -0.384. The van der Waals surface area contributed by atoms with E-state index in [1.54, 1.807) is 6.07 Å². The van der Waals surface area contributed by atoms with Crippen molar-refractivity contribution < 1.29 is 23.8 Å². The maximum atomic E-state index is 11.0. The van der Waals surface area contributed by atoms with Crippen LogP contribution in [0.3, 0.4) is 0 Å². The molecule has 10 heteroatoms. The van der Waals surface area contributed by atoms with Crippen LogP contribution in [0.2, 0.25) is 0 Å². The number of nitro groups is 1. The van der Waals surface area contributed by atoms with Gasteiger partial charge in [0.15, 0.2) is 11.6 Å². The largest absolute Gasteiger partial charge is 0.465 e. The third-order valence-electron chi connectivity index (χ3n) is 4.75. The number of fused-ring (bicyclic) bond motifs is 1. The molecule has 0 spiro atoms. The molecule has 0 aliphatic carbocycles. The van der Waals surface area contributed by atoms with Gasteiger partial charge in [0.05, 0.1) is 4.92 Å². The van der Waals surface area contributed by atoms with Crippen molar-refractivity contribution >= 4 is 22.7 Å². The fourth-order valence-corrected chi connectivity index (χ4v) is 3.27. The summed E-state index contributed by atoms with van der Waals surface area (Å²) in [6.45, 7) is 1.01. The molecule has 1 aliphatic rings. The zero-order chi connectivity index (χ0) is 19.0. The molecule has 4 rings (SSSR count). The molecule has 10 nitrogen and oxygen atoms in total. The SMILES string of the molecule is O=C(O)N1CCC(Cc2noc(-c3cc4cc([N+](=O)[O-])ccc4o3)n2)CC1. The van der Waals surface area contributed by atoms with E-state index in [-0.39, 0.29) is 11.6 Å². The number of nitrogens with zero attached hydrogens (tertiary/aromatic N) is 4. The van der Waals surface area contributed by atoms with Gasteiger partial charge in [-0.05, 0) is 30.9 Å². The number of carboxylic acid groups (broad SMARTS) is 1. The summed E-state index contributed by atoms with van der Waals surface area (Å²) in [7, 11) is 0. The Morgan fingerprint density at radius 3 is 2.81 bits per heavy atom. The number of rotatable bonds is 4. The molecule has 0 radical (unpaired) electrons. The Morgan fingerprint density at radius 2 is 2.11 bits per heavy atom. The van der Waals surface area contributed by atoms with Gasteiger partial charge in [-0.3, -0.25) is 10.1 Å². The summed E-state index contributed by atoms with van der Waals surface area (Å²) < 4.78 is 10.9. The van der Waals surface area contributed by atoms with Crippen molar-refractivity contribution in [1.29, 1.82) is 0 Å². The number of piperidine rings is 1. The standard InChI is InChI=1S/C17H16N4O6/c22-17(23)20-5-3-10(4-6-20)7-15-18-16(27-19-15)14-9-11-8-12(21(24)25)1-2-13(11)26-14/h1-2,8-10H,3-7H2,(H,22,23). The molecular formula is C17H16N4O6. The topological polar surface area (TPSA) is 136 Å². The summed E-state index contributed by atoms with van der Waals surface area (Å²) in [6, 6.07) is 5.96. The van der Waals surface area contributed by atoms with Crippen LogP contribution in [0.1, 0.15) is 18.7 Å². The van der Waals surface area contributed by atoms with Gasteiger partial charge < -0.3 is 18.9 Å². The highest BCUT2D eigenvalue weighted by Crippen LogP contribution is 2.30. The smallest absolute Gasteiger partial charge is 0.407 e. The summed E-state index contributed by atoms with van der Waals surface area (Å²) in [5.41, 5.74) is 0.477. The van der Waals surface area contributed by atoms with Crippen LogP contribution in [0, 0.1) is 16.0 Å². The summed E-state index contributed by atoms with van der Waals surface area (Å²) in [4.78, 5) is 27.1. The van der Waals surface area contributed by atoms with Crippen molar-refractivity contribution in [3.63, 3.8) is 0 Å². The van der Waals surface area contributed by atoms with Crippen LogP contribution in [-0.2, 0) is 6.42 Å². The van der Waals surface area contributed by atoms with Gasteiger partial charge in [-0.25, -0.2) is 4.79 Å². The minimum atomic E-state index is -0.889. The molecule has 3 heterocycles. The van der Waals surface area contributed by atoms with Gasteiger partial charge in [0, 0.05) is 37.0 Å². The van der Waals surface area contributed by atoms with E-state index in [1.807, 2.05) is 0 Å². The predicted molar refractivity (Wildman–Crippen MR) is 92.2 cm³/mol. The van der Waals surface area contributed by atoms with Gasteiger partial charge in [-0.1, -0.05) is 5.16 Å². The molecule has 0 atom stereocenters. The van der Waals surface area contributed by atoms with E-state index >= 15 is 0 Å². The number of hydrogen-bond donors (Lipinski definition) is 1. The second-order valence-electron chi connectivity index (χ2n) is 6.52. The maximum absolute atomic E-state index is 11.0. The second kappa shape index (κ2) is 6.71. The Morgan fingerprint density at radius 1 is 1.33 bits per heavy atom. The second-order valence-corrected chi connectivity index (χ2v) is 6.52. The van der Waals surface area contributed by atoms with Crippen LogP contribution in [0.25, 0.3) is 22.6 Å². The molecule has 3 aromatic rings. The molecule has 0 unspecified atom stereocenters. The van der Waals surface area contributed by atoms with Crippen LogP contribution in [-0.4, -0.2) is 44.3 Å². The quantitative estimate of drug-likeness (QED) is 0.544. The third kappa shape index (κ3) is 3.46. The van der Waals surface area contributed by atoms with Gasteiger partial charge in [0.1, 0.15) is 5.58 Å². The van der Waals surface area contributed by atoms with Gasteiger partial charge >= 0.3 is 6.09 Å². The van der Waals surface area contributed by atoms with Crippen molar-refractivity contribution in [2.45, 2.75) is 19.3 Å². The molecule has 27 heavy (non-hydrogen) atoms. The highest BCUT2D eigenvalue weighted by atomic mass is 16.6. The van der Waals surface area contributed by atoms with E-state index in [0.29, 0.717) is 48.0 Å². The lowest BCUT2D eigenvalue weighted by Gasteiger charge is -2.29. The van der Waals surface area contributed by atoms with Crippen LogP contribution < -0.4 is 0 Å². The van der Waals surface area contributed by atoms with Crippen LogP contribution in [0.5, 0.6) is 0 Å². The molecule has 1 N–H and O–H groups in total. The van der Waals surface area contributed by atoms with Gasteiger partial charge in [0.25, 0.3) is 11.6 Å². The molecular weight excluding hydrogens is 356 g/mol. The van der Waals surface area contributed by atoms with Gasteiger partial charge in [0.2, 0.25) is 0 Å². The predicted octanol–water partition coefficient (Wildman–Crippen LogP) is 3.32. The fourth-order valence-electron chi connectivity index (χ4n) is 3.27. The molecule has 0 bridgehead atoms. The number of hydrogen-bond acceptors (Lipinski definition) is 7. The number of aromatic nitrogens is 2. The first-order chi connectivity index (χ1) is 13.0. The monoisotopic (exact) mass is 372 g/mol. The highest BCUT2D eigenvalue weighted by Gasteiger charge is 2.24. The molecule has 140 valence electrons. The summed E-state index contributed by atoms with van der Waals surface area (Å²) in [5.74, 6) is 1.39. The van der Waals surface area contributed by atoms with Crippen LogP contribution >= 0.6 is 0 Å². The first kappa shape index (κ1) is 17.0. The lowest BCUT2D eigenvalue weighted by Crippen LogP contribution is -2.37. The highest BCUT2D eigenvalue weighted by molar-refractivity contribution is 5.83. The summed E-state index contributed by atoms with van der Waals surface area (Å²) in [6.07, 6.45) is 1.22. The minimum Gasteiger partial charge on any atom is -0.465 e. The van der Waals surface area contributed by atoms with E-state index in [1.165, 1.54) is 23.1 Å². The average Bonchev–Trinajstić information content (AvgIpc) is 3.27. The first-order valence-corrected chi connectivity index (χ1v) is 8.48. The number of likely N-dealkylation sites (tertiary alicyclic amines) is 1. The molecule has 1 fully saturated rings. The number of benzene rings is 1. The first-order valence-electron chi connectivity index (χ1n) is 8.48. The summed E-state index contributed by atoms with van der Waals surface area (Å²) in [5, 5.41) is 24.4. The van der Waals surface area contributed by atoms with Crippen LogP contribution in [0.15, 0.2) is 33.2 Å². The molecule has 1 aliphatic heterocycles. The van der Waals surface area contributed by atoms with E-state index < -0.39 is 11.0 Å². The molecule has 1 saturated heterocycles. The number of amides is 1. The molecule has 1 amide bonds. The van der Waals surface area contributed by atoms with E-state index in [9.17, 15) is 14.9 Å². The van der Waals surface area contributed by atoms with E-state index in [0.717, 1.165) is 12.8 Å². The van der Waals surface area contributed by atoms with E-state index in [4.69, 9.17) is 14.0 Å². The van der Waals surface area contributed by atoms with Crippen LogP contribution in [0.4, 0.5) is 10.5 Å². The van der Waals surface area contributed by atoms with Crippen molar-refractivity contribution in [2.75, 3.05) is 13.1 Å². The molecule has 0 saturated carbocycles. The fraction of sp³-hybridized carbons (Fsp3) is 0.353. The van der Waals surface area contributed by atoms with Crippen molar-refractivity contribution in [3.8, 4) is 11.7 Å². The number of non-ortho nitro benzene ring substituents is 1. The molecule has 1 aromatic carbocycles. The zero-order valence-corrected chi connectivity index (χ0v) is 14.2. The number of nitro benzene ring substituents is 1. The number of carbonyl (C=O) groups is 1. The van der Waals surface area contributed by atoms with Crippen molar-refractivity contribution in [2.24, 2.45) is 5.92 Å². The van der Waals surface area contributed by atoms with Crippen molar-refractivity contribution in [3.05, 3.63) is 40.2 Å². The number of furan rings is 1. The Balaban J connectivity index is 1.47. The maximum Gasteiger partial charge on any atom is 0.407 e. The van der Waals surface area contributed by atoms with Gasteiger partial charge in [-0.2, -0.15) is 4.98 Å². The van der Waals surface area contributed by atoms with Gasteiger partial charge in [-0.15, -0.1) is 0 Å². The lowest BCUT2D eigenvalue weighted by atomic mass is 9.93. The van der Waals surface area contributed by atoms with E-state index in [2.05, 4.69) is 10.1 Å². The Labute approximate surface area is 152 Å². The normalized spacial score (nSPS) is 15.3. The Kier molecular flexibility index (Phi) is 4.22. The third-order valence-corrected chi connectivity index (χ3v) is 4.75. The van der Waals surface area contributed by atoms with Crippen molar-refractivity contribution in [1.82, 2.24) is 15.0 Å².